The number of nitrogens with two attached hydrogens (primary N) is 1. The predicted molar refractivity (Wildman–Crippen MR) is 61.2 cm³/mol. The fourth-order valence-electron chi connectivity index (χ4n) is 1.19. The van der Waals surface area contributed by atoms with Crippen LogP contribution in [0.5, 0.6) is 0 Å². The molecule has 2 heteroatoms. The van der Waals surface area contributed by atoms with Crippen molar-refractivity contribution in [3.8, 4) is 11.8 Å². The van der Waals surface area contributed by atoms with Crippen molar-refractivity contribution in [1.29, 1.82) is 0 Å². The van der Waals surface area contributed by atoms with Gasteiger partial charge >= 0.3 is 0 Å². The lowest BCUT2D eigenvalue weighted by Crippen LogP contribution is -2.10. The van der Waals surface area contributed by atoms with E-state index in [2.05, 4.69) is 32.6 Å². The van der Waals surface area contributed by atoms with Gasteiger partial charge in [-0.1, -0.05) is 38.8 Å². The lowest BCUT2D eigenvalue weighted by molar-refractivity contribution is -0.112. The molecule has 0 radical (unpaired) electrons. The minimum absolute atomic E-state index is 0.135. The van der Waals surface area contributed by atoms with Crippen LogP contribution < -0.4 is 5.73 Å². The number of rotatable bonds is 0. The van der Waals surface area contributed by atoms with Crippen molar-refractivity contribution in [2.24, 2.45) is 5.73 Å². The van der Waals surface area contributed by atoms with Gasteiger partial charge in [-0.2, -0.15) is 0 Å². The maximum atomic E-state index is 10.4. The highest BCUT2D eigenvalue weighted by atomic mass is 16.1. The Hall–Kier alpha value is -1.75. The maximum Gasteiger partial charge on any atom is 0.293 e. The SMILES string of the molecule is CC(C)(C)c1ccc(C#CC(N)=O)cc1. The van der Waals surface area contributed by atoms with Crippen LogP contribution in [0.1, 0.15) is 31.9 Å². The second kappa shape index (κ2) is 4.18. The minimum atomic E-state index is -0.602. The summed E-state index contributed by atoms with van der Waals surface area (Å²) >= 11 is 0. The first kappa shape index (κ1) is 11.3. The van der Waals surface area contributed by atoms with Gasteiger partial charge in [0.1, 0.15) is 0 Å². The molecule has 0 atom stereocenters. The van der Waals surface area contributed by atoms with Crippen LogP contribution in [0.15, 0.2) is 24.3 Å². The largest absolute Gasteiger partial charge is 0.359 e. The average molecular weight is 201 g/mol. The molecule has 1 amide bonds. The van der Waals surface area contributed by atoms with Gasteiger partial charge in [-0.3, -0.25) is 4.79 Å². The van der Waals surface area contributed by atoms with E-state index in [1.54, 1.807) is 0 Å². The number of hydrogen-bond donors (Lipinski definition) is 1. The average Bonchev–Trinajstić information content (AvgIpc) is 2.14. The molecule has 0 bridgehead atoms. The van der Waals surface area contributed by atoms with Crippen molar-refractivity contribution in [2.75, 3.05) is 0 Å². The van der Waals surface area contributed by atoms with E-state index in [0.717, 1.165) is 5.56 Å². The molecular formula is C13H15NO. The molecule has 1 aromatic carbocycles. The zero-order valence-electron chi connectivity index (χ0n) is 9.29. The highest BCUT2D eigenvalue weighted by Gasteiger charge is 2.12. The van der Waals surface area contributed by atoms with Gasteiger partial charge in [-0.25, -0.2) is 0 Å². The van der Waals surface area contributed by atoms with Crippen molar-refractivity contribution in [3.05, 3.63) is 35.4 Å². The molecule has 0 saturated heterocycles. The highest BCUT2D eigenvalue weighted by Crippen LogP contribution is 2.21. The zero-order chi connectivity index (χ0) is 11.5. The summed E-state index contributed by atoms with van der Waals surface area (Å²) in [6.07, 6.45) is 0. The van der Waals surface area contributed by atoms with Crippen molar-refractivity contribution in [2.45, 2.75) is 26.2 Å². The lowest BCUT2D eigenvalue weighted by Gasteiger charge is -2.18. The monoisotopic (exact) mass is 201 g/mol. The third-order valence-electron chi connectivity index (χ3n) is 2.08. The number of carbonyl (C=O) groups is 1. The Morgan fingerprint density at radius 3 is 2.13 bits per heavy atom. The molecule has 0 fully saturated rings. The molecule has 1 aromatic rings. The molecule has 15 heavy (non-hydrogen) atoms. The first-order valence-corrected chi connectivity index (χ1v) is 4.81. The zero-order valence-corrected chi connectivity index (χ0v) is 9.29. The number of amides is 1. The molecule has 0 aliphatic heterocycles. The summed E-state index contributed by atoms with van der Waals surface area (Å²) in [5.41, 5.74) is 7.11. The Labute approximate surface area is 90.5 Å². The molecule has 2 nitrogen and oxygen atoms in total. The maximum absolute atomic E-state index is 10.4. The molecule has 1 rings (SSSR count). The van der Waals surface area contributed by atoms with Crippen LogP contribution in [-0.2, 0) is 10.2 Å². The summed E-state index contributed by atoms with van der Waals surface area (Å²) in [4.78, 5) is 10.4. The lowest BCUT2D eigenvalue weighted by atomic mass is 9.87. The molecule has 0 aliphatic carbocycles. The van der Waals surface area contributed by atoms with E-state index >= 15 is 0 Å². The van der Waals surface area contributed by atoms with Crippen LogP contribution in [0.3, 0.4) is 0 Å². The van der Waals surface area contributed by atoms with Crippen molar-refractivity contribution < 1.29 is 4.79 Å². The summed E-state index contributed by atoms with van der Waals surface area (Å²) in [5.74, 6) is 4.41. The van der Waals surface area contributed by atoms with Crippen LogP contribution >= 0.6 is 0 Å². The smallest absolute Gasteiger partial charge is 0.293 e. The molecule has 0 unspecified atom stereocenters. The number of benzene rings is 1. The van der Waals surface area contributed by atoms with E-state index in [1.807, 2.05) is 24.3 Å². The quantitative estimate of drug-likeness (QED) is 0.639. The van der Waals surface area contributed by atoms with E-state index in [1.165, 1.54) is 5.56 Å². The Morgan fingerprint density at radius 1 is 1.20 bits per heavy atom. The van der Waals surface area contributed by atoms with Gasteiger partial charge in [-0.05, 0) is 29.0 Å². The topological polar surface area (TPSA) is 43.1 Å². The van der Waals surface area contributed by atoms with E-state index in [-0.39, 0.29) is 5.41 Å². The van der Waals surface area contributed by atoms with E-state index in [0.29, 0.717) is 0 Å². The third-order valence-corrected chi connectivity index (χ3v) is 2.08. The molecular weight excluding hydrogens is 186 g/mol. The minimum Gasteiger partial charge on any atom is -0.359 e. The summed E-state index contributed by atoms with van der Waals surface area (Å²) in [6.45, 7) is 6.45. The van der Waals surface area contributed by atoms with E-state index < -0.39 is 5.91 Å². The van der Waals surface area contributed by atoms with Gasteiger partial charge in [0.25, 0.3) is 5.91 Å². The molecule has 2 N–H and O–H groups in total. The predicted octanol–water partition coefficient (Wildman–Crippen LogP) is 1.82. The first-order valence-electron chi connectivity index (χ1n) is 4.81. The van der Waals surface area contributed by atoms with Gasteiger partial charge in [0.2, 0.25) is 0 Å². The Kier molecular flexibility index (Phi) is 3.16. The van der Waals surface area contributed by atoms with Gasteiger partial charge in [-0.15, -0.1) is 0 Å². The van der Waals surface area contributed by atoms with E-state index in [4.69, 9.17) is 5.73 Å². The fraction of sp³-hybridized carbons (Fsp3) is 0.308. The highest BCUT2D eigenvalue weighted by molar-refractivity contribution is 5.92. The normalized spacial score (nSPS) is 10.3. The number of primary amides is 1. The molecule has 78 valence electrons. The van der Waals surface area contributed by atoms with Gasteiger partial charge in [0.15, 0.2) is 0 Å². The van der Waals surface area contributed by atoms with Crippen molar-refractivity contribution >= 4 is 5.91 Å². The van der Waals surface area contributed by atoms with Crippen LogP contribution in [-0.4, -0.2) is 5.91 Å². The van der Waals surface area contributed by atoms with E-state index in [9.17, 15) is 4.79 Å². The van der Waals surface area contributed by atoms with Crippen LogP contribution in [0.2, 0.25) is 0 Å². The second-order valence-electron chi connectivity index (χ2n) is 4.44. The second-order valence-corrected chi connectivity index (χ2v) is 4.44. The molecule has 0 saturated carbocycles. The standard InChI is InChI=1S/C13H15NO/c1-13(2,3)11-7-4-10(5-8-11)6-9-12(14)15/h4-5,7-8H,1-3H3,(H2,14,15). The van der Waals surface area contributed by atoms with Crippen LogP contribution in [0.25, 0.3) is 0 Å². The molecule has 0 heterocycles. The summed E-state index contributed by atoms with van der Waals surface area (Å²) in [5, 5.41) is 0. The first-order chi connectivity index (χ1) is 6.89. The van der Waals surface area contributed by atoms with Gasteiger partial charge < -0.3 is 5.73 Å². The Balaban J connectivity index is 2.93. The number of hydrogen-bond acceptors (Lipinski definition) is 1. The van der Waals surface area contributed by atoms with Gasteiger partial charge in [0.05, 0.1) is 0 Å². The van der Waals surface area contributed by atoms with Crippen molar-refractivity contribution in [3.63, 3.8) is 0 Å². The fourth-order valence-corrected chi connectivity index (χ4v) is 1.19. The molecule has 0 aromatic heterocycles. The summed E-state index contributed by atoms with van der Waals surface area (Å²) < 4.78 is 0. The Bertz CT molecular complexity index is 413. The van der Waals surface area contributed by atoms with Crippen molar-refractivity contribution in [1.82, 2.24) is 0 Å². The third kappa shape index (κ3) is 3.47. The van der Waals surface area contributed by atoms with Gasteiger partial charge in [0, 0.05) is 5.56 Å². The van der Waals surface area contributed by atoms with Crippen LogP contribution in [0, 0.1) is 11.8 Å². The Morgan fingerprint density at radius 2 is 1.73 bits per heavy atom. The molecule has 0 aliphatic rings. The number of carbonyl (C=O) groups excluding carboxylic acids is 1. The summed E-state index contributed by atoms with van der Waals surface area (Å²) in [6, 6.07) is 7.84. The molecule has 0 spiro atoms. The van der Waals surface area contributed by atoms with Crippen LogP contribution in [0.4, 0.5) is 0 Å². The summed E-state index contributed by atoms with van der Waals surface area (Å²) in [7, 11) is 0.